The number of carbonyl (C=O) groups is 2. The second kappa shape index (κ2) is 9.22. The topological polar surface area (TPSA) is 67.9 Å². The average molecular weight is 429 g/mol. The summed E-state index contributed by atoms with van der Waals surface area (Å²) in [5, 5.41) is 3.00. The van der Waals surface area contributed by atoms with Crippen molar-refractivity contribution < 1.29 is 19.1 Å². The molecule has 0 unspecified atom stereocenters. The van der Waals surface area contributed by atoms with Gasteiger partial charge in [0.05, 0.1) is 24.8 Å². The number of benzene rings is 2. The van der Waals surface area contributed by atoms with Gasteiger partial charge >= 0.3 is 6.03 Å². The van der Waals surface area contributed by atoms with E-state index in [0.29, 0.717) is 22.1 Å². The molecule has 0 saturated carbocycles. The quantitative estimate of drug-likeness (QED) is 0.501. The fourth-order valence-electron chi connectivity index (χ4n) is 2.98. The van der Waals surface area contributed by atoms with Gasteiger partial charge in [-0.1, -0.05) is 48.4 Å². The lowest BCUT2D eigenvalue weighted by Crippen LogP contribution is -2.30. The van der Waals surface area contributed by atoms with Crippen molar-refractivity contribution >= 4 is 29.6 Å². The fourth-order valence-corrected chi connectivity index (χ4v) is 3.24. The van der Waals surface area contributed by atoms with Gasteiger partial charge in [-0.15, -0.1) is 0 Å². The number of hydrogen-bond donors (Lipinski definition) is 1. The smallest absolute Gasteiger partial charge is 0.329 e. The van der Waals surface area contributed by atoms with Gasteiger partial charge in [0.25, 0.3) is 5.91 Å². The maximum atomic E-state index is 12.8. The predicted octanol–water partition coefficient (Wildman–Crippen LogP) is 4.93. The van der Waals surface area contributed by atoms with Gasteiger partial charge in [0.15, 0.2) is 11.5 Å². The van der Waals surface area contributed by atoms with Crippen molar-refractivity contribution in [2.24, 2.45) is 0 Å². The largest absolute Gasteiger partial charge is 0.493 e. The zero-order valence-corrected chi connectivity index (χ0v) is 18.2. The Labute approximate surface area is 181 Å². The normalized spacial score (nSPS) is 16.0. The summed E-state index contributed by atoms with van der Waals surface area (Å²) in [7, 11) is 1.53. The van der Waals surface area contributed by atoms with E-state index in [1.54, 1.807) is 18.2 Å². The van der Waals surface area contributed by atoms with Crippen LogP contribution in [0.3, 0.4) is 0 Å². The van der Waals surface area contributed by atoms with Gasteiger partial charge in [0, 0.05) is 0 Å². The first-order valence-electron chi connectivity index (χ1n) is 9.76. The number of hydrogen-bond acceptors (Lipinski definition) is 4. The Morgan fingerprint density at radius 1 is 1.20 bits per heavy atom. The fraction of sp³-hybridized carbons (Fsp3) is 0.304. The van der Waals surface area contributed by atoms with E-state index in [1.165, 1.54) is 12.0 Å². The summed E-state index contributed by atoms with van der Waals surface area (Å²) in [6.45, 7) is 6.15. The zero-order valence-electron chi connectivity index (χ0n) is 17.5. The minimum absolute atomic E-state index is 0.0216. The highest BCUT2D eigenvalue weighted by Crippen LogP contribution is 2.38. The van der Waals surface area contributed by atoms with Crippen molar-refractivity contribution in [3.8, 4) is 11.5 Å². The second-order valence-corrected chi connectivity index (χ2v) is 7.64. The molecule has 0 spiro atoms. The molecule has 0 aliphatic carbocycles. The lowest BCUT2D eigenvalue weighted by molar-refractivity contribution is -0.123. The Balaban J connectivity index is 1.84. The molecule has 0 aromatic heterocycles. The number of nitrogens with zero attached hydrogens (tertiary/aromatic N) is 1. The highest BCUT2D eigenvalue weighted by atomic mass is 35.5. The van der Waals surface area contributed by atoms with Crippen LogP contribution in [0, 0.1) is 6.92 Å². The molecule has 0 bridgehead atoms. The van der Waals surface area contributed by atoms with Crippen LogP contribution in [0.5, 0.6) is 11.5 Å². The molecule has 1 aliphatic heterocycles. The van der Waals surface area contributed by atoms with Gasteiger partial charge in [-0.2, -0.15) is 0 Å². The number of urea groups is 1. The number of halogens is 1. The number of methoxy groups -OCH3 is 1. The minimum atomic E-state index is -0.457. The number of rotatable bonds is 7. The van der Waals surface area contributed by atoms with Crippen molar-refractivity contribution in [3.05, 3.63) is 63.8 Å². The minimum Gasteiger partial charge on any atom is -0.493 e. The lowest BCUT2D eigenvalue weighted by Gasteiger charge is -2.17. The van der Waals surface area contributed by atoms with E-state index in [0.717, 1.165) is 17.5 Å². The van der Waals surface area contributed by atoms with Crippen molar-refractivity contribution in [2.75, 3.05) is 7.11 Å². The molecular formula is C23H25ClN2O4. The van der Waals surface area contributed by atoms with E-state index >= 15 is 0 Å². The molecule has 3 rings (SSSR count). The third-order valence-corrected chi connectivity index (χ3v) is 5.16. The highest BCUT2D eigenvalue weighted by Gasteiger charge is 2.33. The monoisotopic (exact) mass is 428 g/mol. The summed E-state index contributed by atoms with van der Waals surface area (Å²) in [5.41, 5.74) is 2.79. The van der Waals surface area contributed by atoms with E-state index in [2.05, 4.69) is 5.32 Å². The number of ether oxygens (including phenoxy) is 2. The van der Waals surface area contributed by atoms with E-state index in [9.17, 15) is 9.59 Å². The molecule has 1 heterocycles. The number of aryl methyl sites for hydroxylation is 1. The van der Waals surface area contributed by atoms with E-state index in [4.69, 9.17) is 21.1 Å². The molecule has 6 nitrogen and oxygen atoms in total. The molecule has 2 aromatic rings. The van der Waals surface area contributed by atoms with Crippen LogP contribution >= 0.6 is 11.6 Å². The third kappa shape index (κ3) is 4.76. The van der Waals surface area contributed by atoms with Crippen LogP contribution in [0.15, 0.2) is 42.1 Å². The molecule has 158 valence electrons. The number of amides is 3. The van der Waals surface area contributed by atoms with Crippen LogP contribution < -0.4 is 14.8 Å². The SMILES string of the molecule is CC[C@@H](C)Oc1c(Cl)cc(/C=C2/NC(=O)N(Cc3ccc(C)cc3)C2=O)cc1OC. The van der Waals surface area contributed by atoms with Crippen LogP contribution in [0.25, 0.3) is 6.08 Å². The molecule has 30 heavy (non-hydrogen) atoms. The van der Waals surface area contributed by atoms with Gasteiger partial charge in [-0.05, 0) is 49.6 Å². The highest BCUT2D eigenvalue weighted by molar-refractivity contribution is 6.32. The summed E-state index contributed by atoms with van der Waals surface area (Å²) in [6, 6.07) is 10.6. The first kappa shape index (κ1) is 21.7. The maximum absolute atomic E-state index is 12.8. The summed E-state index contributed by atoms with van der Waals surface area (Å²) in [5.74, 6) is 0.525. The molecule has 1 saturated heterocycles. The number of carbonyl (C=O) groups excluding carboxylic acids is 2. The number of nitrogens with one attached hydrogen (secondary N) is 1. The maximum Gasteiger partial charge on any atom is 0.329 e. The third-order valence-electron chi connectivity index (χ3n) is 4.88. The standard InChI is InChI=1S/C23H25ClN2O4/c1-5-15(3)30-21-18(24)10-17(12-20(21)29-4)11-19-22(27)26(23(28)25-19)13-16-8-6-14(2)7-9-16/h6-12,15H,5,13H2,1-4H3,(H,25,28)/b19-11+/t15-/m1/s1. The molecule has 3 amide bonds. The Kier molecular flexibility index (Phi) is 6.67. The summed E-state index contributed by atoms with van der Waals surface area (Å²) >= 11 is 6.40. The molecule has 1 atom stereocenters. The van der Waals surface area contributed by atoms with Crippen LogP contribution in [0.2, 0.25) is 5.02 Å². The van der Waals surface area contributed by atoms with Crippen molar-refractivity contribution in [3.63, 3.8) is 0 Å². The van der Waals surface area contributed by atoms with Gasteiger partial charge in [-0.3, -0.25) is 9.69 Å². The van der Waals surface area contributed by atoms with Gasteiger partial charge in [0.2, 0.25) is 0 Å². The van der Waals surface area contributed by atoms with Crippen LogP contribution in [0.4, 0.5) is 4.79 Å². The van der Waals surface area contributed by atoms with Crippen LogP contribution in [-0.2, 0) is 11.3 Å². The zero-order chi connectivity index (χ0) is 21.8. The van der Waals surface area contributed by atoms with Crippen molar-refractivity contribution in [1.82, 2.24) is 10.2 Å². The summed E-state index contributed by atoms with van der Waals surface area (Å²) in [4.78, 5) is 26.3. The lowest BCUT2D eigenvalue weighted by atomic mass is 10.1. The molecule has 1 aliphatic rings. The summed E-state index contributed by atoms with van der Waals surface area (Å²) in [6.07, 6.45) is 2.38. The number of imide groups is 1. The Hall–Kier alpha value is -2.99. The molecular weight excluding hydrogens is 404 g/mol. The Morgan fingerprint density at radius 3 is 2.53 bits per heavy atom. The molecule has 2 aromatic carbocycles. The summed E-state index contributed by atoms with van der Waals surface area (Å²) < 4.78 is 11.3. The first-order valence-corrected chi connectivity index (χ1v) is 10.1. The molecule has 1 fully saturated rings. The van der Waals surface area contributed by atoms with E-state index in [1.807, 2.05) is 45.0 Å². The van der Waals surface area contributed by atoms with Gasteiger partial charge in [-0.25, -0.2) is 4.79 Å². The van der Waals surface area contributed by atoms with Crippen molar-refractivity contribution in [2.45, 2.75) is 39.8 Å². The predicted molar refractivity (Wildman–Crippen MR) is 117 cm³/mol. The Bertz CT molecular complexity index is 985. The molecule has 0 radical (unpaired) electrons. The first-order chi connectivity index (χ1) is 14.3. The van der Waals surface area contributed by atoms with Gasteiger partial charge < -0.3 is 14.8 Å². The van der Waals surface area contributed by atoms with Crippen molar-refractivity contribution in [1.29, 1.82) is 0 Å². The van der Waals surface area contributed by atoms with Crippen LogP contribution in [0.1, 0.15) is 37.0 Å². The van der Waals surface area contributed by atoms with E-state index < -0.39 is 11.9 Å². The van der Waals surface area contributed by atoms with E-state index in [-0.39, 0.29) is 18.3 Å². The molecule has 1 N–H and O–H groups in total. The average Bonchev–Trinajstić information content (AvgIpc) is 2.98. The van der Waals surface area contributed by atoms with Gasteiger partial charge in [0.1, 0.15) is 5.70 Å². The Morgan fingerprint density at radius 2 is 1.90 bits per heavy atom. The second-order valence-electron chi connectivity index (χ2n) is 7.24. The van der Waals surface area contributed by atoms with Crippen LogP contribution in [-0.4, -0.2) is 30.1 Å². The molecule has 7 heteroatoms.